The Morgan fingerprint density at radius 3 is 2.67 bits per heavy atom. The summed E-state index contributed by atoms with van der Waals surface area (Å²) in [5.74, 6) is -0.803. The van der Waals surface area contributed by atoms with E-state index >= 15 is 0 Å². The molecule has 1 aromatic carbocycles. The minimum atomic E-state index is -0.427. The number of halogens is 1. The lowest BCUT2D eigenvalue weighted by Crippen LogP contribution is -2.12. The van der Waals surface area contributed by atoms with E-state index in [1.807, 2.05) is 0 Å². The van der Waals surface area contributed by atoms with Gasteiger partial charge in [-0.15, -0.1) is 0 Å². The Labute approximate surface area is 90.4 Å². The molecule has 0 atom stereocenters. The van der Waals surface area contributed by atoms with Gasteiger partial charge in [-0.3, -0.25) is 4.79 Å². The molecule has 15 heavy (non-hydrogen) atoms. The van der Waals surface area contributed by atoms with Crippen molar-refractivity contribution in [3.63, 3.8) is 0 Å². The molecule has 3 nitrogen and oxygen atoms in total. The van der Waals surface area contributed by atoms with Crippen LogP contribution < -0.4 is 5.32 Å². The number of anilines is 1. The molecular weight excluding hydrogens is 217 g/mol. The van der Waals surface area contributed by atoms with Gasteiger partial charge < -0.3 is 5.32 Å². The Morgan fingerprint density at radius 2 is 2.13 bits per heavy atom. The van der Waals surface area contributed by atoms with Gasteiger partial charge in [0.25, 0.3) is 0 Å². The van der Waals surface area contributed by atoms with Crippen molar-refractivity contribution in [3.8, 4) is 0 Å². The van der Waals surface area contributed by atoms with Gasteiger partial charge in [-0.25, -0.2) is 8.60 Å². The third-order valence-corrected chi connectivity index (χ3v) is 2.38. The van der Waals surface area contributed by atoms with Crippen LogP contribution in [-0.2, 0) is 11.3 Å². The van der Waals surface area contributed by atoms with E-state index in [0.717, 1.165) is 0 Å². The molecule has 0 radical (unpaired) electrons. The Morgan fingerprint density at radius 1 is 1.47 bits per heavy atom. The summed E-state index contributed by atoms with van der Waals surface area (Å²) in [5, 5.41) is 2.71. The van der Waals surface area contributed by atoms with Gasteiger partial charge in [-0.1, -0.05) is 0 Å². The van der Waals surface area contributed by atoms with E-state index in [2.05, 4.69) is 5.32 Å². The molecular formula is C10H10FNO2S. The second-order valence-electron chi connectivity index (χ2n) is 2.91. The van der Waals surface area contributed by atoms with E-state index in [0.29, 0.717) is 11.3 Å². The van der Waals surface area contributed by atoms with E-state index in [1.54, 1.807) is 7.05 Å². The van der Waals surface area contributed by atoms with E-state index in [4.69, 9.17) is 0 Å². The summed E-state index contributed by atoms with van der Waals surface area (Å²) in [7, 11) is 1.59. The highest BCUT2D eigenvalue weighted by molar-refractivity contribution is 7.68. The van der Waals surface area contributed by atoms with Gasteiger partial charge >= 0.3 is 0 Å². The predicted molar refractivity (Wildman–Crippen MR) is 59.1 cm³/mol. The highest BCUT2D eigenvalue weighted by Crippen LogP contribution is 2.17. The molecule has 0 aliphatic carbocycles. The van der Waals surface area contributed by atoms with Crippen LogP contribution in [0.25, 0.3) is 0 Å². The minimum absolute atomic E-state index is 0.137. The van der Waals surface area contributed by atoms with Crippen LogP contribution in [0.4, 0.5) is 10.1 Å². The van der Waals surface area contributed by atoms with Crippen molar-refractivity contribution in [2.45, 2.75) is 6.92 Å². The smallest absolute Gasteiger partial charge is 0.203 e. The van der Waals surface area contributed by atoms with E-state index in [-0.39, 0.29) is 21.9 Å². The highest BCUT2D eigenvalue weighted by Gasteiger charge is 2.13. The number of ketones is 1. The fraction of sp³-hybridized carbons (Fsp3) is 0.200. The molecule has 0 saturated carbocycles. The summed E-state index contributed by atoms with van der Waals surface area (Å²) in [4.78, 5) is 11.8. The maximum absolute atomic E-state index is 12.9. The lowest BCUT2D eigenvalue weighted by Gasteiger charge is -2.06. The van der Waals surface area contributed by atoms with Gasteiger partial charge in [0.1, 0.15) is 5.82 Å². The molecule has 0 aliphatic rings. The number of hydrogen-bond donors (Lipinski definition) is 1. The van der Waals surface area contributed by atoms with Crippen molar-refractivity contribution in [1.82, 2.24) is 0 Å². The maximum Gasteiger partial charge on any atom is 0.203 e. The zero-order valence-electron chi connectivity index (χ0n) is 8.33. The Balaban J connectivity index is 3.25. The molecule has 1 aromatic rings. The second kappa shape index (κ2) is 4.84. The Hall–Kier alpha value is -1.49. The normalized spacial score (nSPS) is 9.53. The first-order valence-corrected chi connectivity index (χ1v) is 4.99. The molecule has 1 N–H and O–H groups in total. The number of carbonyl (C=O) groups is 1. The largest absolute Gasteiger partial charge is 0.387 e. The van der Waals surface area contributed by atoms with Crippen molar-refractivity contribution in [2.75, 3.05) is 12.4 Å². The Bertz CT molecular complexity index is 453. The first kappa shape index (κ1) is 11.6. The number of rotatable bonds is 3. The fourth-order valence-corrected chi connectivity index (χ4v) is 1.33. The van der Waals surface area contributed by atoms with Crippen LogP contribution in [0.2, 0.25) is 0 Å². The van der Waals surface area contributed by atoms with Gasteiger partial charge in [-0.2, -0.15) is 0 Å². The minimum Gasteiger partial charge on any atom is -0.387 e. The predicted octanol–water partition coefficient (Wildman–Crippen LogP) is 1.46. The zero-order valence-corrected chi connectivity index (χ0v) is 9.15. The summed E-state index contributed by atoms with van der Waals surface area (Å²) in [6, 6.07) is 3.77. The van der Waals surface area contributed by atoms with Crippen LogP contribution >= 0.6 is 0 Å². The average molecular weight is 227 g/mol. The summed E-state index contributed by atoms with van der Waals surface area (Å²) >= 11 is 0.147. The highest BCUT2D eigenvalue weighted by atomic mass is 32.1. The topological polar surface area (TPSA) is 46.2 Å². The third kappa shape index (κ3) is 2.50. The van der Waals surface area contributed by atoms with Gasteiger partial charge in [-0.05, 0) is 25.1 Å². The first-order chi connectivity index (χ1) is 7.10. The van der Waals surface area contributed by atoms with Crippen LogP contribution in [0.1, 0.15) is 17.3 Å². The van der Waals surface area contributed by atoms with Gasteiger partial charge in [0.15, 0.2) is 0 Å². The molecule has 80 valence electrons. The molecule has 5 heteroatoms. The SMILES string of the molecule is CNc1cc(F)ccc1C(=O)C(C)=S=O. The van der Waals surface area contributed by atoms with E-state index in [1.165, 1.54) is 25.1 Å². The summed E-state index contributed by atoms with van der Waals surface area (Å²) in [5.41, 5.74) is 0.688. The number of benzene rings is 1. The lowest BCUT2D eigenvalue weighted by molar-refractivity contribution is 0.106. The molecule has 1 rings (SSSR count). The standard InChI is InChI=1S/C10H10FNO2S/c1-6(15-14)10(13)8-4-3-7(11)5-9(8)12-2/h3-5,12H,1-2H3. The average Bonchev–Trinajstić information content (AvgIpc) is 2.26. The van der Waals surface area contributed by atoms with Crippen LogP contribution in [0, 0.1) is 5.82 Å². The summed E-state index contributed by atoms with van der Waals surface area (Å²) in [6.45, 7) is 1.45. The van der Waals surface area contributed by atoms with Crippen LogP contribution in [0.5, 0.6) is 0 Å². The molecule has 0 spiro atoms. The van der Waals surface area contributed by atoms with Crippen molar-refractivity contribution in [3.05, 3.63) is 29.6 Å². The third-order valence-electron chi connectivity index (χ3n) is 1.94. The molecule has 0 saturated heterocycles. The number of nitrogens with one attached hydrogen (secondary N) is 1. The second-order valence-corrected chi connectivity index (χ2v) is 3.69. The number of Topliss-reactive ketones (excluding diaryl/α,β-unsaturated/α-hetero) is 1. The van der Waals surface area contributed by atoms with Crippen molar-refractivity contribution < 1.29 is 13.4 Å². The molecule has 0 heterocycles. The summed E-state index contributed by atoms with van der Waals surface area (Å²) < 4.78 is 23.3. The van der Waals surface area contributed by atoms with Crippen molar-refractivity contribution in [2.24, 2.45) is 0 Å². The van der Waals surface area contributed by atoms with Crippen molar-refractivity contribution >= 4 is 27.6 Å². The maximum atomic E-state index is 12.9. The van der Waals surface area contributed by atoms with Crippen molar-refractivity contribution in [1.29, 1.82) is 0 Å². The van der Waals surface area contributed by atoms with Crippen LogP contribution in [-0.4, -0.2) is 21.9 Å². The van der Waals surface area contributed by atoms with Gasteiger partial charge in [0.2, 0.25) is 5.78 Å². The van der Waals surface area contributed by atoms with E-state index in [9.17, 15) is 13.4 Å². The molecule has 0 unspecified atom stereocenters. The van der Waals surface area contributed by atoms with Crippen LogP contribution in [0.15, 0.2) is 18.2 Å². The summed E-state index contributed by atoms with van der Waals surface area (Å²) in [6.07, 6.45) is 0. The number of carbonyl (C=O) groups excluding carboxylic acids is 1. The quantitative estimate of drug-likeness (QED) is 0.628. The van der Waals surface area contributed by atoms with E-state index < -0.39 is 5.82 Å². The molecule has 0 fully saturated rings. The number of hydrogen-bond acceptors (Lipinski definition) is 3. The Kier molecular flexibility index (Phi) is 3.74. The molecule has 0 amide bonds. The molecule has 0 aliphatic heterocycles. The van der Waals surface area contributed by atoms with Crippen LogP contribution in [0.3, 0.4) is 0 Å². The van der Waals surface area contributed by atoms with Gasteiger partial charge in [0.05, 0.1) is 16.1 Å². The van der Waals surface area contributed by atoms with Gasteiger partial charge in [0, 0.05) is 18.3 Å². The lowest BCUT2D eigenvalue weighted by atomic mass is 10.1. The molecule has 0 bridgehead atoms. The first-order valence-electron chi connectivity index (χ1n) is 4.25. The monoisotopic (exact) mass is 227 g/mol. The zero-order chi connectivity index (χ0) is 11.4. The molecule has 0 aromatic heterocycles. The fourth-order valence-electron chi connectivity index (χ4n) is 1.15.